The highest BCUT2D eigenvalue weighted by Crippen LogP contribution is 2.30. The average Bonchev–Trinajstić information content (AvgIpc) is 2.36. The van der Waals surface area contributed by atoms with Crippen molar-refractivity contribution in [3.63, 3.8) is 0 Å². The Morgan fingerprint density at radius 3 is 2.50 bits per heavy atom. The lowest BCUT2D eigenvalue weighted by atomic mass is 9.80. The molecule has 1 aliphatic rings. The summed E-state index contributed by atoms with van der Waals surface area (Å²) in [5, 5.41) is 0. The van der Waals surface area contributed by atoms with Crippen molar-refractivity contribution in [2.75, 3.05) is 14.1 Å². The van der Waals surface area contributed by atoms with Crippen molar-refractivity contribution in [3.8, 4) is 0 Å². The van der Waals surface area contributed by atoms with Crippen LogP contribution in [0.4, 0.5) is 0 Å². The van der Waals surface area contributed by atoms with Crippen LogP contribution in [0.2, 0.25) is 0 Å². The smallest absolute Gasteiger partial charge is 0.156 e. The average molecular weight is 243 g/mol. The number of rotatable bonds is 2. The zero-order valence-corrected chi connectivity index (χ0v) is 11.4. The molecule has 0 N–H and O–H groups in total. The van der Waals surface area contributed by atoms with Gasteiger partial charge in [-0.3, -0.25) is 9.69 Å². The molecule has 2 atom stereocenters. The molecule has 1 fully saturated rings. The molecule has 1 saturated carbocycles. The van der Waals surface area contributed by atoms with Crippen molar-refractivity contribution in [1.29, 1.82) is 0 Å². The molecule has 2 heteroatoms. The highest BCUT2D eigenvalue weighted by Gasteiger charge is 2.32. The Kier molecular flexibility index (Phi) is 3.97. The minimum absolute atomic E-state index is 0.0476. The van der Waals surface area contributed by atoms with Gasteiger partial charge in [0.25, 0.3) is 0 Å². The van der Waals surface area contributed by atoms with Crippen LogP contribution in [0, 0.1) is 5.92 Å². The highest BCUT2D eigenvalue weighted by atomic mass is 16.1. The molecule has 1 aliphatic carbocycles. The van der Waals surface area contributed by atoms with E-state index in [9.17, 15) is 4.79 Å². The van der Waals surface area contributed by atoms with E-state index >= 15 is 0 Å². The number of Topliss-reactive ketones (excluding diaryl/α,β-unsaturated/α-hetero) is 1. The van der Waals surface area contributed by atoms with Gasteiger partial charge in [-0.25, -0.2) is 0 Å². The summed E-state index contributed by atoms with van der Waals surface area (Å²) in [4.78, 5) is 14.3. The van der Waals surface area contributed by atoms with Crippen molar-refractivity contribution in [2.24, 2.45) is 5.92 Å². The molecule has 0 heterocycles. The summed E-state index contributed by atoms with van der Waals surface area (Å²) in [6.07, 6.45) is 4.13. The van der Waals surface area contributed by atoms with Gasteiger partial charge in [-0.05, 0) is 32.5 Å². The largest absolute Gasteiger partial charge is 0.300 e. The first-order valence-corrected chi connectivity index (χ1v) is 6.55. The molecule has 1 aromatic rings. The molecule has 2 unspecified atom stereocenters. The molecule has 0 radical (unpaired) electrons. The monoisotopic (exact) mass is 243 g/mol. The summed E-state index contributed by atoms with van der Waals surface area (Å²) in [5.41, 5.74) is 2.46. The molecule has 0 saturated heterocycles. The van der Waals surface area contributed by atoms with Crippen LogP contribution in [0.5, 0.6) is 0 Å². The predicted molar refractivity (Wildman–Crippen MR) is 75.3 cm³/mol. The maximum atomic E-state index is 12.3. The summed E-state index contributed by atoms with van der Waals surface area (Å²) in [6, 6.07) is 10.3. The highest BCUT2D eigenvalue weighted by molar-refractivity contribution is 5.90. The molecule has 96 valence electrons. The van der Waals surface area contributed by atoms with Gasteiger partial charge in [0, 0.05) is 5.92 Å². The molecule has 2 nitrogen and oxygen atoms in total. The van der Waals surface area contributed by atoms with Crippen LogP contribution in [0.15, 0.2) is 35.9 Å². The third-order valence-electron chi connectivity index (χ3n) is 3.79. The Morgan fingerprint density at radius 2 is 1.89 bits per heavy atom. The number of benzene rings is 1. The number of carbonyl (C=O) groups is 1. The van der Waals surface area contributed by atoms with E-state index in [-0.39, 0.29) is 12.0 Å². The number of ketones is 1. The van der Waals surface area contributed by atoms with Gasteiger partial charge in [-0.1, -0.05) is 48.9 Å². The van der Waals surface area contributed by atoms with E-state index in [0.29, 0.717) is 5.78 Å². The SMILES string of the molecule is CC1C(=O)C(N(C)C)CCC1=Cc1ccccc1. The Bertz CT molecular complexity index is 447. The summed E-state index contributed by atoms with van der Waals surface area (Å²) >= 11 is 0. The number of allylic oxidation sites excluding steroid dienone is 1. The topological polar surface area (TPSA) is 20.3 Å². The fraction of sp³-hybridized carbons (Fsp3) is 0.438. The lowest BCUT2D eigenvalue weighted by molar-refractivity contribution is -0.127. The van der Waals surface area contributed by atoms with E-state index in [0.717, 1.165) is 12.8 Å². The van der Waals surface area contributed by atoms with Gasteiger partial charge in [0.15, 0.2) is 5.78 Å². The van der Waals surface area contributed by atoms with Crippen LogP contribution in [0.3, 0.4) is 0 Å². The van der Waals surface area contributed by atoms with Crippen LogP contribution in [-0.4, -0.2) is 30.8 Å². The van der Waals surface area contributed by atoms with Crippen LogP contribution < -0.4 is 0 Å². The molecule has 0 aromatic heterocycles. The van der Waals surface area contributed by atoms with Gasteiger partial charge in [0.05, 0.1) is 6.04 Å². The van der Waals surface area contributed by atoms with E-state index < -0.39 is 0 Å². The van der Waals surface area contributed by atoms with Crippen LogP contribution in [0.1, 0.15) is 25.3 Å². The standard InChI is InChI=1S/C16H21NO/c1-12-14(11-13-7-5-4-6-8-13)9-10-15(16(12)18)17(2)3/h4-8,11-12,15H,9-10H2,1-3H3. The number of likely N-dealkylation sites (N-methyl/N-ethyl adjacent to an activating group) is 1. The van der Waals surface area contributed by atoms with E-state index in [1.165, 1.54) is 11.1 Å². The quantitative estimate of drug-likeness (QED) is 0.796. The Balaban J connectivity index is 2.18. The Hall–Kier alpha value is -1.41. The van der Waals surface area contributed by atoms with Gasteiger partial charge < -0.3 is 0 Å². The summed E-state index contributed by atoms with van der Waals surface area (Å²) < 4.78 is 0. The minimum atomic E-state index is 0.0476. The van der Waals surface area contributed by atoms with Crippen molar-refractivity contribution >= 4 is 11.9 Å². The first-order valence-electron chi connectivity index (χ1n) is 6.55. The zero-order valence-electron chi connectivity index (χ0n) is 11.4. The molecule has 0 bridgehead atoms. The molecular formula is C16H21NO. The zero-order chi connectivity index (χ0) is 13.1. The molecule has 0 amide bonds. The minimum Gasteiger partial charge on any atom is -0.300 e. The van der Waals surface area contributed by atoms with Crippen molar-refractivity contribution in [3.05, 3.63) is 41.5 Å². The second kappa shape index (κ2) is 5.49. The lowest BCUT2D eigenvalue weighted by Crippen LogP contribution is -2.42. The molecule has 18 heavy (non-hydrogen) atoms. The molecular weight excluding hydrogens is 222 g/mol. The normalized spacial score (nSPS) is 26.9. The van der Waals surface area contributed by atoms with Gasteiger partial charge in [-0.15, -0.1) is 0 Å². The molecule has 2 rings (SSSR count). The van der Waals surface area contributed by atoms with Crippen LogP contribution >= 0.6 is 0 Å². The summed E-state index contributed by atoms with van der Waals surface area (Å²) in [5.74, 6) is 0.403. The van der Waals surface area contributed by atoms with Gasteiger partial charge >= 0.3 is 0 Å². The summed E-state index contributed by atoms with van der Waals surface area (Å²) in [6.45, 7) is 2.03. The third kappa shape index (κ3) is 2.70. The Morgan fingerprint density at radius 1 is 1.22 bits per heavy atom. The Labute approximate surface area is 109 Å². The van der Waals surface area contributed by atoms with Crippen molar-refractivity contribution < 1.29 is 4.79 Å². The van der Waals surface area contributed by atoms with Crippen molar-refractivity contribution in [1.82, 2.24) is 4.90 Å². The van der Waals surface area contributed by atoms with E-state index in [1.807, 2.05) is 44.1 Å². The lowest BCUT2D eigenvalue weighted by Gasteiger charge is -2.32. The van der Waals surface area contributed by atoms with Gasteiger partial charge in [0.2, 0.25) is 0 Å². The second-order valence-electron chi connectivity index (χ2n) is 5.27. The van der Waals surface area contributed by atoms with Crippen LogP contribution in [0.25, 0.3) is 6.08 Å². The van der Waals surface area contributed by atoms with Crippen LogP contribution in [-0.2, 0) is 4.79 Å². The first kappa shape index (κ1) is 13.0. The van der Waals surface area contributed by atoms with Crippen molar-refractivity contribution in [2.45, 2.75) is 25.8 Å². The number of carbonyl (C=O) groups excluding carboxylic acids is 1. The number of hydrogen-bond acceptors (Lipinski definition) is 2. The molecule has 1 aromatic carbocycles. The first-order chi connectivity index (χ1) is 8.59. The fourth-order valence-corrected chi connectivity index (χ4v) is 2.61. The predicted octanol–water partition coefficient (Wildman–Crippen LogP) is 3.00. The maximum absolute atomic E-state index is 12.3. The molecule has 0 spiro atoms. The summed E-state index contributed by atoms with van der Waals surface area (Å²) in [7, 11) is 3.97. The second-order valence-corrected chi connectivity index (χ2v) is 5.27. The van der Waals surface area contributed by atoms with E-state index in [1.54, 1.807) is 0 Å². The maximum Gasteiger partial charge on any atom is 0.156 e. The third-order valence-corrected chi connectivity index (χ3v) is 3.79. The fourth-order valence-electron chi connectivity index (χ4n) is 2.61. The number of hydrogen-bond donors (Lipinski definition) is 0. The van der Waals surface area contributed by atoms with Gasteiger partial charge in [0.1, 0.15) is 0 Å². The number of nitrogens with zero attached hydrogens (tertiary/aromatic N) is 1. The van der Waals surface area contributed by atoms with Gasteiger partial charge in [-0.2, -0.15) is 0 Å². The van der Waals surface area contributed by atoms with E-state index in [2.05, 4.69) is 18.2 Å². The molecule has 0 aliphatic heterocycles. The van der Waals surface area contributed by atoms with E-state index in [4.69, 9.17) is 0 Å².